The van der Waals surface area contributed by atoms with Gasteiger partial charge in [0.25, 0.3) is 0 Å². The Balaban J connectivity index is 2.65. The number of carbonyl (C=O) groups excluding carboxylic acids is 2. The number of methoxy groups -OCH3 is 2. The molecule has 33 heavy (non-hydrogen) atoms. The van der Waals surface area contributed by atoms with E-state index in [2.05, 4.69) is 82.5 Å². The Morgan fingerprint density at radius 1 is 0.697 bits per heavy atom. The fraction of sp³-hybridized carbons (Fsp3) is 0.481. The Hall–Kier alpha value is -2.19. The zero-order valence-electron chi connectivity index (χ0n) is 21.4. The molecule has 0 aliphatic heterocycles. The van der Waals surface area contributed by atoms with Crippen LogP contribution in [0.15, 0.2) is 60.7 Å². The van der Waals surface area contributed by atoms with Gasteiger partial charge in [-0.15, -0.1) is 0 Å². The second-order valence-electron chi connectivity index (χ2n) is 10.4. The van der Waals surface area contributed by atoms with Crippen molar-refractivity contribution in [1.82, 2.24) is 0 Å². The van der Waals surface area contributed by atoms with Crippen LogP contribution in [0.3, 0.4) is 0 Å². The lowest BCUT2D eigenvalue weighted by atomic mass is 9.96. The highest BCUT2D eigenvalue weighted by atomic mass is 28.3. The van der Waals surface area contributed by atoms with Gasteiger partial charge in [0.2, 0.25) is 0 Å². The van der Waals surface area contributed by atoms with Gasteiger partial charge in [-0.25, -0.2) is 0 Å². The summed E-state index contributed by atoms with van der Waals surface area (Å²) in [4.78, 5) is 26.0. The predicted molar refractivity (Wildman–Crippen MR) is 142 cm³/mol. The molecule has 0 N–H and O–H groups in total. The van der Waals surface area contributed by atoms with Crippen LogP contribution in [0.1, 0.15) is 20.3 Å². The summed E-state index contributed by atoms with van der Waals surface area (Å²) >= 11 is 0. The zero-order valence-corrected chi connectivity index (χ0v) is 23.4. The highest BCUT2D eigenvalue weighted by Crippen LogP contribution is 2.45. The van der Waals surface area contributed by atoms with Gasteiger partial charge in [0.05, 0.1) is 30.4 Å². The van der Waals surface area contributed by atoms with Gasteiger partial charge < -0.3 is 9.47 Å². The van der Waals surface area contributed by atoms with E-state index in [0.717, 1.165) is 6.42 Å². The van der Waals surface area contributed by atoms with Gasteiger partial charge in [-0.3, -0.25) is 9.59 Å². The van der Waals surface area contributed by atoms with E-state index < -0.39 is 34.0 Å². The van der Waals surface area contributed by atoms with Crippen molar-refractivity contribution in [3.63, 3.8) is 0 Å². The molecule has 0 saturated heterocycles. The summed E-state index contributed by atoms with van der Waals surface area (Å²) in [6, 6.07) is 21.1. The summed E-state index contributed by atoms with van der Waals surface area (Å²) in [5, 5.41) is 2.63. The number of rotatable bonds is 10. The smallest absolute Gasteiger partial charge is 0.320 e. The van der Waals surface area contributed by atoms with Crippen LogP contribution in [0.4, 0.5) is 0 Å². The van der Waals surface area contributed by atoms with Crippen molar-refractivity contribution in [2.45, 2.75) is 57.5 Å². The van der Waals surface area contributed by atoms with Gasteiger partial charge in [-0.1, -0.05) is 117 Å². The second-order valence-corrected chi connectivity index (χ2v) is 19.9. The topological polar surface area (TPSA) is 52.6 Å². The second kappa shape index (κ2) is 11.3. The third-order valence-electron chi connectivity index (χ3n) is 7.51. The van der Waals surface area contributed by atoms with Crippen molar-refractivity contribution in [2.24, 2.45) is 11.8 Å². The quantitative estimate of drug-likeness (QED) is 0.271. The van der Waals surface area contributed by atoms with E-state index in [-0.39, 0.29) is 5.54 Å². The first-order valence-corrected chi connectivity index (χ1v) is 17.9. The molecule has 0 unspecified atom stereocenters. The number of carbonyl (C=O) groups is 2. The molecule has 2 rings (SSSR count). The van der Waals surface area contributed by atoms with Crippen LogP contribution in [0.2, 0.25) is 37.3 Å². The molecule has 0 radical (unpaired) electrons. The molecule has 2 aromatic carbocycles. The molecule has 0 saturated carbocycles. The molecular formula is C27H40O4Si2. The normalized spacial score (nSPS) is 14.1. The molecule has 2 aromatic rings. The lowest BCUT2D eigenvalue weighted by Crippen LogP contribution is -2.55. The maximum Gasteiger partial charge on any atom is 0.320 e. The fourth-order valence-electron chi connectivity index (χ4n) is 5.36. The summed E-state index contributed by atoms with van der Waals surface area (Å²) < 4.78 is 10.3. The molecule has 180 valence electrons. The number of ether oxygens (including phenoxy) is 2. The SMILES string of the molecule is COC(=O)C(C(=O)OC)[C@H](C[C@H](C(C)C)[Si](C)(C)c1ccccc1)[Si](C)(C)c1ccccc1. The maximum atomic E-state index is 13.0. The van der Waals surface area contributed by atoms with Gasteiger partial charge in [0.1, 0.15) is 0 Å². The molecule has 0 spiro atoms. The average Bonchev–Trinajstić information content (AvgIpc) is 2.81. The van der Waals surface area contributed by atoms with Crippen molar-refractivity contribution >= 4 is 38.5 Å². The van der Waals surface area contributed by atoms with Gasteiger partial charge in [-0.05, 0) is 17.0 Å². The molecule has 2 atom stereocenters. The Bertz CT molecular complexity index is 894. The van der Waals surface area contributed by atoms with Crippen molar-refractivity contribution in [1.29, 1.82) is 0 Å². The van der Waals surface area contributed by atoms with E-state index in [0.29, 0.717) is 11.5 Å². The van der Waals surface area contributed by atoms with E-state index in [4.69, 9.17) is 9.47 Å². The lowest BCUT2D eigenvalue weighted by Gasteiger charge is -2.43. The Labute approximate surface area is 201 Å². The number of hydrogen-bond acceptors (Lipinski definition) is 4. The standard InChI is InChI=1S/C27H40O4Si2/c1-20(2)23(32(5,6)21-15-11-9-12-16-21)19-24(25(26(28)30-3)27(29)31-4)33(7,8)22-17-13-10-14-18-22/h9-18,20,23-25H,19H2,1-8H3/t23-,24+/m1/s1. The number of esters is 2. The molecule has 6 heteroatoms. The van der Waals surface area contributed by atoms with E-state index in [1.165, 1.54) is 24.6 Å². The average molecular weight is 485 g/mol. The highest BCUT2D eigenvalue weighted by molar-refractivity contribution is 6.92. The molecule has 0 aliphatic rings. The molecule has 0 fully saturated rings. The van der Waals surface area contributed by atoms with Crippen LogP contribution in [0.5, 0.6) is 0 Å². The van der Waals surface area contributed by atoms with Crippen LogP contribution in [-0.2, 0) is 19.1 Å². The van der Waals surface area contributed by atoms with Crippen molar-refractivity contribution in [2.75, 3.05) is 14.2 Å². The summed E-state index contributed by atoms with van der Waals surface area (Å²) in [6.45, 7) is 13.9. The summed E-state index contributed by atoms with van der Waals surface area (Å²) in [6.07, 6.45) is 0.786. The third kappa shape index (κ3) is 6.04. The van der Waals surface area contributed by atoms with E-state index in [1.807, 2.05) is 18.2 Å². The van der Waals surface area contributed by atoms with Gasteiger partial charge in [0, 0.05) is 0 Å². The van der Waals surface area contributed by atoms with Crippen LogP contribution >= 0.6 is 0 Å². The summed E-state index contributed by atoms with van der Waals surface area (Å²) in [5.74, 6) is -1.51. The molecule has 4 nitrogen and oxygen atoms in total. The Morgan fingerprint density at radius 2 is 1.06 bits per heavy atom. The Kier molecular flexibility index (Phi) is 9.26. The lowest BCUT2D eigenvalue weighted by molar-refractivity contribution is -0.159. The third-order valence-corrected chi connectivity index (χ3v) is 16.3. The fourth-order valence-corrected chi connectivity index (χ4v) is 13.0. The minimum Gasteiger partial charge on any atom is -0.468 e. The summed E-state index contributed by atoms with van der Waals surface area (Å²) in [7, 11) is -1.52. The van der Waals surface area contributed by atoms with Crippen molar-refractivity contribution in [3.8, 4) is 0 Å². The van der Waals surface area contributed by atoms with Gasteiger partial charge >= 0.3 is 11.9 Å². The first-order chi connectivity index (χ1) is 15.5. The first kappa shape index (κ1) is 27.1. The highest BCUT2D eigenvalue weighted by Gasteiger charge is 2.50. The monoisotopic (exact) mass is 484 g/mol. The Morgan fingerprint density at radius 3 is 1.39 bits per heavy atom. The zero-order chi connectivity index (χ0) is 24.8. The number of benzene rings is 2. The van der Waals surface area contributed by atoms with Crippen LogP contribution in [0.25, 0.3) is 0 Å². The summed E-state index contributed by atoms with van der Waals surface area (Å²) in [5.41, 5.74) is 0.222. The molecule has 0 amide bonds. The molecule has 0 bridgehead atoms. The van der Waals surface area contributed by atoms with E-state index in [9.17, 15) is 9.59 Å². The van der Waals surface area contributed by atoms with Crippen molar-refractivity contribution < 1.29 is 19.1 Å². The molecule has 0 heterocycles. The predicted octanol–water partition coefficient (Wildman–Crippen LogP) is 4.97. The largest absolute Gasteiger partial charge is 0.468 e. The minimum absolute atomic E-state index is 0.150. The van der Waals surface area contributed by atoms with Gasteiger partial charge in [0.15, 0.2) is 5.92 Å². The van der Waals surface area contributed by atoms with Crippen molar-refractivity contribution in [3.05, 3.63) is 60.7 Å². The van der Waals surface area contributed by atoms with Crippen LogP contribution < -0.4 is 10.4 Å². The molecule has 0 aromatic heterocycles. The van der Waals surface area contributed by atoms with Gasteiger partial charge in [-0.2, -0.15) is 0 Å². The molecule has 0 aliphatic carbocycles. The van der Waals surface area contributed by atoms with E-state index >= 15 is 0 Å². The molecular weight excluding hydrogens is 444 g/mol. The maximum absolute atomic E-state index is 13.0. The minimum atomic E-state index is -2.30. The van der Waals surface area contributed by atoms with E-state index in [1.54, 1.807) is 0 Å². The van der Waals surface area contributed by atoms with Crippen LogP contribution in [0, 0.1) is 11.8 Å². The number of hydrogen-bond donors (Lipinski definition) is 0. The first-order valence-electron chi connectivity index (χ1n) is 11.7. The van der Waals surface area contributed by atoms with Crippen LogP contribution in [-0.4, -0.2) is 42.3 Å².